The van der Waals surface area contributed by atoms with Crippen molar-refractivity contribution in [3.05, 3.63) is 33.4 Å². The standard InChI is InChI=1S/C13H19N3O4S.ClH/c1-9-6-12(16(17)18)13(7-10(9)2)21(19,20)15-5-4-14-11(3)8-15;/h6-7,11,14H,4-5,8H2,1-3H3;1H. The molecule has 1 aromatic rings. The lowest BCUT2D eigenvalue weighted by atomic mass is 10.1. The molecule has 1 fully saturated rings. The lowest BCUT2D eigenvalue weighted by Gasteiger charge is -2.30. The highest BCUT2D eigenvalue weighted by Gasteiger charge is 2.34. The van der Waals surface area contributed by atoms with Crippen molar-refractivity contribution in [2.45, 2.75) is 31.7 Å². The van der Waals surface area contributed by atoms with E-state index in [0.29, 0.717) is 25.2 Å². The van der Waals surface area contributed by atoms with Gasteiger partial charge in [-0.3, -0.25) is 10.1 Å². The Bertz CT molecular complexity index is 678. The van der Waals surface area contributed by atoms with Gasteiger partial charge in [-0.05, 0) is 38.0 Å². The van der Waals surface area contributed by atoms with E-state index in [-0.39, 0.29) is 29.0 Å². The third-order valence-corrected chi connectivity index (χ3v) is 5.62. The van der Waals surface area contributed by atoms with Crippen molar-refractivity contribution in [2.75, 3.05) is 19.6 Å². The monoisotopic (exact) mass is 349 g/mol. The van der Waals surface area contributed by atoms with Crippen LogP contribution in [-0.2, 0) is 10.0 Å². The van der Waals surface area contributed by atoms with E-state index in [9.17, 15) is 18.5 Å². The number of benzene rings is 1. The molecule has 1 aliphatic rings. The molecule has 1 atom stereocenters. The Labute approximate surface area is 136 Å². The lowest BCUT2D eigenvalue weighted by molar-refractivity contribution is -0.387. The van der Waals surface area contributed by atoms with Gasteiger partial charge in [0.2, 0.25) is 10.0 Å². The van der Waals surface area contributed by atoms with Crippen LogP contribution in [0.15, 0.2) is 17.0 Å². The molecule has 0 amide bonds. The van der Waals surface area contributed by atoms with Crippen molar-refractivity contribution in [3.8, 4) is 0 Å². The zero-order valence-electron chi connectivity index (χ0n) is 12.7. The molecule has 0 spiro atoms. The summed E-state index contributed by atoms with van der Waals surface area (Å²) in [5, 5.41) is 14.3. The number of sulfonamides is 1. The summed E-state index contributed by atoms with van der Waals surface area (Å²) in [4.78, 5) is 10.3. The maximum absolute atomic E-state index is 12.7. The fourth-order valence-corrected chi connectivity index (χ4v) is 4.13. The third kappa shape index (κ3) is 3.57. The highest BCUT2D eigenvalue weighted by Crippen LogP contribution is 2.30. The Morgan fingerprint density at radius 1 is 1.32 bits per heavy atom. The third-order valence-electron chi connectivity index (χ3n) is 3.72. The summed E-state index contributed by atoms with van der Waals surface area (Å²) in [6.07, 6.45) is 0. The van der Waals surface area contributed by atoms with Gasteiger partial charge in [0.15, 0.2) is 4.90 Å². The SMILES string of the molecule is Cc1cc([N+](=O)[O-])c(S(=O)(=O)N2CCNC(C)C2)cc1C.Cl. The van der Waals surface area contributed by atoms with Gasteiger partial charge < -0.3 is 5.32 Å². The summed E-state index contributed by atoms with van der Waals surface area (Å²) in [5.74, 6) is 0. The van der Waals surface area contributed by atoms with Gasteiger partial charge in [0.1, 0.15) is 0 Å². The van der Waals surface area contributed by atoms with Gasteiger partial charge in [-0.2, -0.15) is 4.31 Å². The molecular weight excluding hydrogens is 330 g/mol. The van der Waals surface area contributed by atoms with E-state index in [1.165, 1.54) is 16.4 Å². The second kappa shape index (κ2) is 6.91. The number of nitro groups is 1. The number of halogens is 1. The zero-order valence-corrected chi connectivity index (χ0v) is 14.3. The number of rotatable bonds is 3. The van der Waals surface area contributed by atoms with Crippen molar-refractivity contribution in [2.24, 2.45) is 0 Å². The minimum Gasteiger partial charge on any atom is -0.312 e. The number of hydrogen-bond acceptors (Lipinski definition) is 5. The van der Waals surface area contributed by atoms with E-state index in [4.69, 9.17) is 0 Å². The zero-order chi connectivity index (χ0) is 15.8. The van der Waals surface area contributed by atoms with Crippen LogP contribution >= 0.6 is 12.4 Å². The number of nitro benzene ring substituents is 1. The van der Waals surface area contributed by atoms with Crippen LogP contribution < -0.4 is 5.32 Å². The van der Waals surface area contributed by atoms with Crippen LogP contribution in [0.4, 0.5) is 5.69 Å². The first-order valence-electron chi connectivity index (χ1n) is 6.72. The van der Waals surface area contributed by atoms with Crippen molar-refractivity contribution >= 4 is 28.1 Å². The Morgan fingerprint density at radius 3 is 2.45 bits per heavy atom. The van der Waals surface area contributed by atoms with E-state index < -0.39 is 14.9 Å². The van der Waals surface area contributed by atoms with Crippen molar-refractivity contribution < 1.29 is 13.3 Å². The first kappa shape index (κ1) is 18.8. The molecule has 124 valence electrons. The maximum Gasteiger partial charge on any atom is 0.289 e. The molecule has 0 aromatic heterocycles. The van der Waals surface area contributed by atoms with Gasteiger partial charge in [-0.1, -0.05) is 0 Å². The van der Waals surface area contributed by atoms with Crippen LogP contribution in [0, 0.1) is 24.0 Å². The van der Waals surface area contributed by atoms with Crippen LogP contribution in [0.5, 0.6) is 0 Å². The molecule has 1 heterocycles. The minimum absolute atomic E-state index is 0. The Morgan fingerprint density at radius 2 is 1.91 bits per heavy atom. The Kier molecular flexibility index (Phi) is 5.91. The van der Waals surface area contributed by atoms with Crippen LogP contribution in [0.1, 0.15) is 18.1 Å². The van der Waals surface area contributed by atoms with Crippen molar-refractivity contribution in [1.29, 1.82) is 0 Å². The number of aryl methyl sites for hydroxylation is 2. The first-order valence-corrected chi connectivity index (χ1v) is 8.16. The number of piperazine rings is 1. The lowest BCUT2D eigenvalue weighted by Crippen LogP contribution is -2.51. The van der Waals surface area contributed by atoms with E-state index in [0.717, 1.165) is 5.56 Å². The Hall–Kier alpha value is -1.22. The molecule has 7 nitrogen and oxygen atoms in total. The molecule has 0 aliphatic carbocycles. The van der Waals surface area contributed by atoms with E-state index >= 15 is 0 Å². The highest BCUT2D eigenvalue weighted by molar-refractivity contribution is 7.89. The first-order chi connectivity index (χ1) is 9.73. The molecule has 1 saturated heterocycles. The quantitative estimate of drug-likeness (QED) is 0.661. The molecule has 1 aromatic carbocycles. The number of nitrogens with zero attached hydrogens (tertiary/aromatic N) is 2. The fourth-order valence-electron chi connectivity index (χ4n) is 2.38. The van der Waals surface area contributed by atoms with Gasteiger partial charge in [0, 0.05) is 31.7 Å². The predicted octanol–water partition coefficient (Wildman–Crippen LogP) is 1.62. The second-order valence-corrected chi connectivity index (χ2v) is 7.29. The average molecular weight is 350 g/mol. The normalized spacial score (nSPS) is 19.5. The van der Waals surface area contributed by atoms with Crippen LogP contribution in [-0.4, -0.2) is 43.3 Å². The molecule has 0 radical (unpaired) electrons. The largest absolute Gasteiger partial charge is 0.312 e. The number of nitrogens with one attached hydrogen (secondary N) is 1. The highest BCUT2D eigenvalue weighted by atomic mass is 35.5. The molecule has 1 N–H and O–H groups in total. The molecular formula is C13H20ClN3O4S. The summed E-state index contributed by atoms with van der Waals surface area (Å²) in [5.41, 5.74) is 1.07. The maximum atomic E-state index is 12.7. The molecule has 2 rings (SSSR count). The molecule has 9 heteroatoms. The van der Waals surface area contributed by atoms with Crippen molar-refractivity contribution in [1.82, 2.24) is 9.62 Å². The summed E-state index contributed by atoms with van der Waals surface area (Å²) in [7, 11) is -3.86. The van der Waals surface area contributed by atoms with Gasteiger partial charge in [-0.25, -0.2) is 8.42 Å². The van der Waals surface area contributed by atoms with Gasteiger partial charge in [0.05, 0.1) is 4.92 Å². The van der Waals surface area contributed by atoms with E-state index in [1.54, 1.807) is 13.8 Å². The van der Waals surface area contributed by atoms with Crippen molar-refractivity contribution in [3.63, 3.8) is 0 Å². The van der Waals surface area contributed by atoms with E-state index in [2.05, 4.69) is 5.32 Å². The second-order valence-electron chi connectivity index (χ2n) is 5.38. The summed E-state index contributed by atoms with van der Waals surface area (Å²) >= 11 is 0. The Balaban J connectivity index is 0.00000242. The predicted molar refractivity (Wildman–Crippen MR) is 86.0 cm³/mol. The topological polar surface area (TPSA) is 92.5 Å². The van der Waals surface area contributed by atoms with Gasteiger partial charge in [-0.15, -0.1) is 12.4 Å². The smallest absolute Gasteiger partial charge is 0.289 e. The molecule has 22 heavy (non-hydrogen) atoms. The van der Waals surface area contributed by atoms with Crippen LogP contribution in [0.2, 0.25) is 0 Å². The summed E-state index contributed by atoms with van der Waals surface area (Å²) < 4.78 is 26.7. The molecule has 1 aliphatic heterocycles. The molecule has 0 saturated carbocycles. The molecule has 0 bridgehead atoms. The fraction of sp³-hybridized carbons (Fsp3) is 0.538. The molecule has 1 unspecified atom stereocenters. The minimum atomic E-state index is -3.86. The van der Waals surface area contributed by atoms with Gasteiger partial charge >= 0.3 is 0 Å². The van der Waals surface area contributed by atoms with Crippen LogP contribution in [0.3, 0.4) is 0 Å². The number of hydrogen-bond donors (Lipinski definition) is 1. The van der Waals surface area contributed by atoms with E-state index in [1.807, 2.05) is 6.92 Å². The van der Waals surface area contributed by atoms with Crippen LogP contribution in [0.25, 0.3) is 0 Å². The summed E-state index contributed by atoms with van der Waals surface area (Å²) in [6, 6.07) is 2.75. The summed E-state index contributed by atoms with van der Waals surface area (Å²) in [6.45, 7) is 6.53. The average Bonchev–Trinajstić information content (AvgIpc) is 2.41. The van der Waals surface area contributed by atoms with Gasteiger partial charge in [0.25, 0.3) is 5.69 Å².